The zero-order valence-corrected chi connectivity index (χ0v) is 12.4. The Labute approximate surface area is 111 Å². The lowest BCUT2D eigenvalue weighted by Gasteiger charge is -2.31. The third kappa shape index (κ3) is 3.25. The first-order chi connectivity index (χ1) is 8.42. The van der Waals surface area contributed by atoms with Crippen molar-refractivity contribution >= 4 is 10.0 Å². The van der Waals surface area contributed by atoms with Crippen LogP contribution in [0.15, 0.2) is 0 Å². The van der Waals surface area contributed by atoms with Crippen molar-refractivity contribution in [2.45, 2.75) is 51.5 Å². The highest BCUT2D eigenvalue weighted by atomic mass is 32.2. The summed E-state index contributed by atoms with van der Waals surface area (Å²) in [6.45, 7) is 6.88. The van der Waals surface area contributed by atoms with Gasteiger partial charge in [-0.1, -0.05) is 0 Å². The van der Waals surface area contributed by atoms with Crippen molar-refractivity contribution in [3.8, 4) is 0 Å². The maximum atomic E-state index is 12.4. The van der Waals surface area contributed by atoms with E-state index in [1.54, 1.807) is 4.31 Å². The lowest BCUT2D eigenvalue weighted by molar-refractivity contribution is 0.289. The molecule has 106 valence electrons. The maximum Gasteiger partial charge on any atom is 0.214 e. The van der Waals surface area contributed by atoms with E-state index in [-0.39, 0.29) is 5.54 Å². The van der Waals surface area contributed by atoms with E-state index in [0.29, 0.717) is 18.2 Å². The van der Waals surface area contributed by atoms with Gasteiger partial charge in [-0.3, -0.25) is 0 Å². The van der Waals surface area contributed by atoms with E-state index in [9.17, 15) is 8.42 Å². The summed E-state index contributed by atoms with van der Waals surface area (Å²) in [6, 6.07) is 0. The number of piperidine rings is 1. The number of sulfonamides is 1. The van der Waals surface area contributed by atoms with Gasteiger partial charge in [0.05, 0.1) is 5.75 Å². The van der Waals surface area contributed by atoms with Crippen molar-refractivity contribution in [3.63, 3.8) is 0 Å². The molecule has 0 bridgehead atoms. The molecule has 0 aromatic rings. The van der Waals surface area contributed by atoms with Crippen molar-refractivity contribution in [1.82, 2.24) is 9.62 Å². The van der Waals surface area contributed by atoms with Gasteiger partial charge in [-0.05, 0) is 65.0 Å². The quantitative estimate of drug-likeness (QED) is 0.847. The molecule has 2 saturated heterocycles. The molecule has 2 aliphatic heterocycles. The molecule has 4 nitrogen and oxygen atoms in total. The molecule has 0 radical (unpaired) electrons. The Morgan fingerprint density at radius 3 is 2.50 bits per heavy atom. The molecule has 0 spiro atoms. The van der Waals surface area contributed by atoms with Gasteiger partial charge >= 0.3 is 0 Å². The van der Waals surface area contributed by atoms with Crippen molar-refractivity contribution in [1.29, 1.82) is 0 Å². The molecule has 0 saturated carbocycles. The van der Waals surface area contributed by atoms with Crippen LogP contribution in [0.5, 0.6) is 0 Å². The zero-order valence-electron chi connectivity index (χ0n) is 11.6. The molecule has 0 aliphatic carbocycles. The van der Waals surface area contributed by atoms with Gasteiger partial charge in [-0.15, -0.1) is 0 Å². The molecule has 0 unspecified atom stereocenters. The minimum atomic E-state index is -3.05. The fourth-order valence-electron chi connectivity index (χ4n) is 3.19. The molecule has 2 rings (SSSR count). The summed E-state index contributed by atoms with van der Waals surface area (Å²) in [5.74, 6) is 0.924. The van der Waals surface area contributed by atoms with Crippen molar-refractivity contribution in [2.75, 3.05) is 25.4 Å². The van der Waals surface area contributed by atoms with Crippen molar-refractivity contribution < 1.29 is 8.42 Å². The molecule has 2 fully saturated rings. The molecule has 1 N–H and O–H groups in total. The normalized spacial score (nSPS) is 26.6. The third-order valence-corrected chi connectivity index (χ3v) is 6.50. The van der Waals surface area contributed by atoms with Crippen LogP contribution in [0.25, 0.3) is 0 Å². The minimum Gasteiger partial charge on any atom is -0.317 e. The fourth-order valence-corrected chi connectivity index (χ4v) is 5.30. The van der Waals surface area contributed by atoms with Crippen LogP contribution in [-0.4, -0.2) is 43.6 Å². The summed E-state index contributed by atoms with van der Waals surface area (Å²) in [6.07, 6.45) is 5.06. The number of hydrogen-bond donors (Lipinski definition) is 1. The van der Waals surface area contributed by atoms with Gasteiger partial charge in [-0.25, -0.2) is 8.42 Å². The minimum absolute atomic E-state index is 0.174. The average Bonchev–Trinajstić information content (AvgIpc) is 2.69. The first-order valence-corrected chi connectivity index (χ1v) is 8.74. The Kier molecular flexibility index (Phi) is 4.34. The van der Waals surface area contributed by atoms with Crippen molar-refractivity contribution in [3.05, 3.63) is 0 Å². The van der Waals surface area contributed by atoms with Crippen LogP contribution in [0.1, 0.15) is 46.0 Å². The predicted molar refractivity (Wildman–Crippen MR) is 74.0 cm³/mol. The number of nitrogens with zero attached hydrogens (tertiary/aromatic N) is 1. The Hall–Kier alpha value is -0.130. The van der Waals surface area contributed by atoms with Crippen LogP contribution in [0.2, 0.25) is 0 Å². The molecule has 0 atom stereocenters. The molecule has 18 heavy (non-hydrogen) atoms. The van der Waals surface area contributed by atoms with Crippen LogP contribution in [0.3, 0.4) is 0 Å². The summed E-state index contributed by atoms with van der Waals surface area (Å²) >= 11 is 0. The van der Waals surface area contributed by atoms with E-state index in [1.807, 2.05) is 13.8 Å². The second-order valence-electron chi connectivity index (χ2n) is 6.29. The predicted octanol–water partition coefficient (Wildman–Crippen LogP) is 1.58. The highest BCUT2D eigenvalue weighted by Gasteiger charge is 2.39. The molecule has 0 amide bonds. The summed E-state index contributed by atoms with van der Waals surface area (Å²) in [5.41, 5.74) is -0.174. The van der Waals surface area contributed by atoms with E-state index < -0.39 is 10.0 Å². The molecule has 0 aromatic heterocycles. The topological polar surface area (TPSA) is 49.4 Å². The number of nitrogens with one attached hydrogen (secondary N) is 1. The molecule has 0 aromatic carbocycles. The fraction of sp³-hybridized carbons (Fsp3) is 1.00. The van der Waals surface area contributed by atoms with Gasteiger partial charge in [-0.2, -0.15) is 4.31 Å². The lowest BCUT2D eigenvalue weighted by atomic mass is 9.96. The standard InChI is InChI=1S/C13H26N2O2S/c1-13(2)7-3-10-15(13)18(16,17)11-6-12-4-8-14-9-5-12/h12,14H,3-11H2,1-2H3. The van der Waals surface area contributed by atoms with E-state index in [1.165, 1.54) is 0 Å². The summed E-state index contributed by atoms with van der Waals surface area (Å²) in [4.78, 5) is 0. The Bertz CT molecular complexity index is 372. The second kappa shape index (κ2) is 5.47. The highest BCUT2D eigenvalue weighted by molar-refractivity contribution is 7.89. The van der Waals surface area contributed by atoms with Crippen LogP contribution < -0.4 is 5.32 Å². The van der Waals surface area contributed by atoms with Gasteiger partial charge in [0.15, 0.2) is 0 Å². The van der Waals surface area contributed by atoms with Gasteiger partial charge < -0.3 is 5.32 Å². The Balaban J connectivity index is 1.91. The van der Waals surface area contributed by atoms with E-state index in [2.05, 4.69) is 5.32 Å². The van der Waals surface area contributed by atoms with E-state index in [4.69, 9.17) is 0 Å². The zero-order chi connectivity index (χ0) is 13.2. The SMILES string of the molecule is CC1(C)CCCN1S(=O)(=O)CCC1CCNCC1. The van der Waals surface area contributed by atoms with Gasteiger partial charge in [0, 0.05) is 12.1 Å². The molecule has 2 heterocycles. The van der Waals surface area contributed by atoms with E-state index in [0.717, 1.165) is 45.2 Å². The molecular weight excluding hydrogens is 248 g/mol. The van der Waals surface area contributed by atoms with Crippen LogP contribution >= 0.6 is 0 Å². The van der Waals surface area contributed by atoms with Gasteiger partial charge in [0.1, 0.15) is 0 Å². The summed E-state index contributed by atoms with van der Waals surface area (Å²) in [7, 11) is -3.05. The second-order valence-corrected chi connectivity index (χ2v) is 8.30. The largest absolute Gasteiger partial charge is 0.317 e. The molecule has 5 heteroatoms. The van der Waals surface area contributed by atoms with Crippen LogP contribution in [0.4, 0.5) is 0 Å². The summed E-state index contributed by atoms with van der Waals surface area (Å²) in [5, 5.41) is 3.32. The lowest BCUT2D eigenvalue weighted by Crippen LogP contribution is -2.44. The van der Waals surface area contributed by atoms with E-state index >= 15 is 0 Å². The van der Waals surface area contributed by atoms with Gasteiger partial charge in [0.25, 0.3) is 0 Å². The number of rotatable bonds is 4. The van der Waals surface area contributed by atoms with Crippen molar-refractivity contribution in [2.24, 2.45) is 5.92 Å². The molecular formula is C13H26N2O2S. The third-order valence-electron chi connectivity index (χ3n) is 4.40. The van der Waals surface area contributed by atoms with Gasteiger partial charge in [0.2, 0.25) is 10.0 Å². The summed E-state index contributed by atoms with van der Waals surface area (Å²) < 4.78 is 26.5. The average molecular weight is 274 g/mol. The highest BCUT2D eigenvalue weighted by Crippen LogP contribution is 2.32. The smallest absolute Gasteiger partial charge is 0.214 e. The Morgan fingerprint density at radius 1 is 1.28 bits per heavy atom. The van der Waals surface area contributed by atoms with Crippen LogP contribution in [-0.2, 0) is 10.0 Å². The monoisotopic (exact) mass is 274 g/mol. The number of hydrogen-bond acceptors (Lipinski definition) is 3. The van der Waals surface area contributed by atoms with Crippen LogP contribution in [0, 0.1) is 5.92 Å². The molecule has 2 aliphatic rings. The maximum absolute atomic E-state index is 12.4. The first-order valence-electron chi connectivity index (χ1n) is 7.13. The Morgan fingerprint density at radius 2 is 1.94 bits per heavy atom. The first kappa shape index (κ1) is 14.3.